The number of furan rings is 2. The molecule has 2 aromatic rings. The molecule has 4 bridgehead atoms. The third-order valence-corrected chi connectivity index (χ3v) is 3.32. The van der Waals surface area contributed by atoms with Crippen LogP contribution in [0.25, 0.3) is 0 Å². The van der Waals surface area contributed by atoms with E-state index < -0.39 is 0 Å². The van der Waals surface area contributed by atoms with Crippen LogP contribution in [-0.2, 0) is 0 Å². The van der Waals surface area contributed by atoms with Crippen molar-refractivity contribution >= 4 is 24.9 Å². The SMILES string of the molecule is C1=NCCCN=Cc2ccc(o2)C=NCCCN=Cc2ccc1o2. The average Bonchev–Trinajstić information content (AvgIpc) is 3.22. The summed E-state index contributed by atoms with van der Waals surface area (Å²) in [5.41, 5.74) is 0. The summed E-state index contributed by atoms with van der Waals surface area (Å²) in [5, 5.41) is 0. The number of aliphatic imine (C=N–C) groups is 4. The normalized spacial score (nSPS) is 16.3. The highest BCUT2D eigenvalue weighted by Crippen LogP contribution is 2.05. The highest BCUT2D eigenvalue weighted by Gasteiger charge is 1.98. The molecule has 0 amide bonds. The summed E-state index contributed by atoms with van der Waals surface area (Å²) in [7, 11) is 0. The fourth-order valence-electron chi connectivity index (χ4n) is 2.14. The summed E-state index contributed by atoms with van der Waals surface area (Å²) in [5.74, 6) is 2.95. The second-order valence-corrected chi connectivity index (χ2v) is 5.33. The molecule has 0 aromatic carbocycles. The van der Waals surface area contributed by atoms with Gasteiger partial charge in [-0.25, -0.2) is 0 Å². The summed E-state index contributed by atoms with van der Waals surface area (Å²) in [6.45, 7) is 2.82. The lowest BCUT2D eigenvalue weighted by Gasteiger charge is -1.93. The van der Waals surface area contributed by atoms with E-state index in [2.05, 4.69) is 20.0 Å². The van der Waals surface area contributed by atoms with Crippen LogP contribution in [0.4, 0.5) is 0 Å². The lowest BCUT2D eigenvalue weighted by molar-refractivity contribution is 0.552. The van der Waals surface area contributed by atoms with Gasteiger partial charge in [0.15, 0.2) is 0 Å². The van der Waals surface area contributed by atoms with Crippen LogP contribution in [-0.4, -0.2) is 51.0 Å². The van der Waals surface area contributed by atoms with Gasteiger partial charge in [0, 0.05) is 26.2 Å². The first-order valence-electron chi connectivity index (χ1n) is 8.09. The van der Waals surface area contributed by atoms with Crippen LogP contribution in [0, 0.1) is 0 Å². The maximum Gasteiger partial charge on any atom is 0.145 e. The average molecular weight is 324 g/mol. The first-order chi connectivity index (χ1) is 11.9. The Balaban J connectivity index is 1.65. The van der Waals surface area contributed by atoms with Gasteiger partial charge in [0.1, 0.15) is 23.0 Å². The highest BCUT2D eigenvalue weighted by atomic mass is 16.3. The molecule has 0 unspecified atom stereocenters. The number of hydrogen-bond acceptors (Lipinski definition) is 6. The Morgan fingerprint density at radius 1 is 0.500 bits per heavy atom. The Labute approximate surface area is 140 Å². The van der Waals surface area contributed by atoms with Crippen molar-refractivity contribution in [3.05, 3.63) is 47.3 Å². The molecule has 2 aromatic heterocycles. The molecule has 3 rings (SSSR count). The topological polar surface area (TPSA) is 75.7 Å². The minimum Gasteiger partial charge on any atom is -0.454 e. The summed E-state index contributed by atoms with van der Waals surface area (Å²) in [6.07, 6.45) is 8.72. The number of nitrogens with zero attached hydrogens (tertiary/aromatic N) is 4. The van der Waals surface area contributed by atoms with E-state index in [0.29, 0.717) is 26.2 Å². The summed E-state index contributed by atoms with van der Waals surface area (Å²) >= 11 is 0. The van der Waals surface area contributed by atoms with Crippen molar-refractivity contribution in [1.82, 2.24) is 0 Å². The molecule has 6 heteroatoms. The Kier molecular flexibility index (Phi) is 5.88. The van der Waals surface area contributed by atoms with E-state index in [1.54, 1.807) is 24.9 Å². The molecule has 24 heavy (non-hydrogen) atoms. The standard InChI is InChI=1S/C18H20N4O2/c1-7-19-11-15-3-5-17(23-15)13-21-9-2-10-22-14-18-6-4-16(24-18)12-20-8-1/h3-6,11-14H,1-2,7-10H2. The molecular weight excluding hydrogens is 304 g/mol. The van der Waals surface area contributed by atoms with Crippen LogP contribution in [0.15, 0.2) is 53.1 Å². The van der Waals surface area contributed by atoms with Gasteiger partial charge in [-0.3, -0.25) is 20.0 Å². The smallest absolute Gasteiger partial charge is 0.145 e. The molecule has 1 aliphatic heterocycles. The molecule has 0 saturated carbocycles. The first-order valence-corrected chi connectivity index (χ1v) is 8.09. The van der Waals surface area contributed by atoms with Gasteiger partial charge in [-0.1, -0.05) is 0 Å². The molecule has 1 aliphatic rings. The minimum atomic E-state index is 0.706. The zero-order valence-corrected chi connectivity index (χ0v) is 13.5. The fraction of sp³-hybridized carbons (Fsp3) is 0.333. The lowest BCUT2D eigenvalue weighted by atomic mass is 10.4. The van der Waals surface area contributed by atoms with Gasteiger partial charge in [0.05, 0.1) is 24.9 Å². The largest absolute Gasteiger partial charge is 0.454 e. The summed E-state index contributed by atoms with van der Waals surface area (Å²) in [6, 6.07) is 7.57. The third kappa shape index (κ3) is 5.15. The van der Waals surface area contributed by atoms with Crippen molar-refractivity contribution < 1.29 is 8.83 Å². The minimum absolute atomic E-state index is 0.706. The van der Waals surface area contributed by atoms with Gasteiger partial charge < -0.3 is 8.83 Å². The van der Waals surface area contributed by atoms with Crippen molar-refractivity contribution in [1.29, 1.82) is 0 Å². The van der Waals surface area contributed by atoms with E-state index in [9.17, 15) is 0 Å². The summed E-state index contributed by atoms with van der Waals surface area (Å²) in [4.78, 5) is 17.4. The quantitative estimate of drug-likeness (QED) is 0.747. The maximum atomic E-state index is 5.61. The molecule has 0 atom stereocenters. The summed E-state index contributed by atoms with van der Waals surface area (Å²) < 4.78 is 11.2. The number of hydrogen-bond donors (Lipinski definition) is 0. The second-order valence-electron chi connectivity index (χ2n) is 5.33. The highest BCUT2D eigenvalue weighted by molar-refractivity contribution is 5.81. The van der Waals surface area contributed by atoms with E-state index in [1.165, 1.54) is 0 Å². The van der Waals surface area contributed by atoms with Gasteiger partial charge in [-0.15, -0.1) is 0 Å². The molecule has 124 valence electrons. The maximum absolute atomic E-state index is 5.61. The zero-order chi connectivity index (χ0) is 16.5. The molecule has 0 aliphatic carbocycles. The van der Waals surface area contributed by atoms with E-state index in [4.69, 9.17) is 8.83 Å². The van der Waals surface area contributed by atoms with Crippen LogP contribution in [0.5, 0.6) is 0 Å². The predicted octanol–water partition coefficient (Wildman–Crippen LogP) is 3.04. The van der Waals surface area contributed by atoms with Gasteiger partial charge in [0.2, 0.25) is 0 Å². The fourth-order valence-corrected chi connectivity index (χ4v) is 2.14. The molecular formula is C18H20N4O2. The van der Waals surface area contributed by atoms with E-state index in [-0.39, 0.29) is 0 Å². The number of fused-ring (bicyclic) bond motifs is 4. The Morgan fingerprint density at radius 2 is 0.792 bits per heavy atom. The molecule has 0 spiro atoms. The van der Waals surface area contributed by atoms with Crippen molar-refractivity contribution in [2.45, 2.75) is 12.8 Å². The van der Waals surface area contributed by atoms with Crippen molar-refractivity contribution in [3.8, 4) is 0 Å². The first kappa shape index (κ1) is 16.1. The molecule has 0 saturated heterocycles. The zero-order valence-electron chi connectivity index (χ0n) is 13.5. The van der Waals surface area contributed by atoms with E-state index in [0.717, 1.165) is 35.9 Å². The van der Waals surface area contributed by atoms with Crippen LogP contribution in [0.2, 0.25) is 0 Å². The van der Waals surface area contributed by atoms with Crippen molar-refractivity contribution in [3.63, 3.8) is 0 Å². The van der Waals surface area contributed by atoms with Gasteiger partial charge in [0.25, 0.3) is 0 Å². The van der Waals surface area contributed by atoms with E-state index >= 15 is 0 Å². The van der Waals surface area contributed by atoms with Gasteiger partial charge >= 0.3 is 0 Å². The van der Waals surface area contributed by atoms with Gasteiger partial charge in [-0.2, -0.15) is 0 Å². The van der Waals surface area contributed by atoms with Crippen molar-refractivity contribution in [2.75, 3.05) is 26.2 Å². The van der Waals surface area contributed by atoms with Crippen LogP contribution < -0.4 is 0 Å². The lowest BCUT2D eigenvalue weighted by Crippen LogP contribution is -1.89. The Bertz CT molecular complexity index is 631. The van der Waals surface area contributed by atoms with Crippen LogP contribution in [0.1, 0.15) is 35.9 Å². The Morgan fingerprint density at radius 3 is 1.08 bits per heavy atom. The van der Waals surface area contributed by atoms with Gasteiger partial charge in [-0.05, 0) is 37.1 Å². The van der Waals surface area contributed by atoms with Crippen LogP contribution in [0.3, 0.4) is 0 Å². The number of rotatable bonds is 0. The van der Waals surface area contributed by atoms with E-state index in [1.807, 2.05) is 24.3 Å². The Hall–Kier alpha value is -2.76. The monoisotopic (exact) mass is 324 g/mol. The van der Waals surface area contributed by atoms with Crippen LogP contribution >= 0.6 is 0 Å². The molecule has 0 N–H and O–H groups in total. The van der Waals surface area contributed by atoms with Crippen molar-refractivity contribution in [2.24, 2.45) is 20.0 Å². The second kappa shape index (κ2) is 8.76. The molecule has 6 nitrogen and oxygen atoms in total. The third-order valence-electron chi connectivity index (χ3n) is 3.32. The molecule has 0 fully saturated rings. The molecule has 0 radical (unpaired) electrons. The molecule has 3 heterocycles. The predicted molar refractivity (Wildman–Crippen MR) is 96.5 cm³/mol.